The first-order valence-corrected chi connectivity index (χ1v) is 6.09. The lowest BCUT2D eigenvalue weighted by molar-refractivity contribution is 0.178. The van der Waals surface area contributed by atoms with Crippen molar-refractivity contribution in [3.05, 3.63) is 0 Å². The van der Waals surface area contributed by atoms with Gasteiger partial charge in [0.25, 0.3) is 0 Å². The molecule has 0 bridgehead atoms. The Morgan fingerprint density at radius 1 is 1.36 bits per heavy atom. The van der Waals surface area contributed by atoms with Crippen molar-refractivity contribution in [2.24, 2.45) is 11.8 Å². The molecular formula is C12H26N2. The van der Waals surface area contributed by atoms with E-state index in [1.54, 1.807) is 0 Å². The molecule has 2 unspecified atom stereocenters. The van der Waals surface area contributed by atoms with Gasteiger partial charge in [-0.15, -0.1) is 0 Å². The molecule has 0 aromatic rings. The molecule has 0 radical (unpaired) electrons. The molecular weight excluding hydrogens is 172 g/mol. The molecule has 0 aliphatic carbocycles. The third-order valence-corrected chi connectivity index (χ3v) is 3.39. The zero-order chi connectivity index (χ0) is 10.6. The Morgan fingerprint density at radius 3 is 2.50 bits per heavy atom. The average molecular weight is 198 g/mol. The van der Waals surface area contributed by atoms with Crippen molar-refractivity contribution in [2.75, 3.05) is 26.2 Å². The third kappa shape index (κ3) is 3.25. The molecule has 84 valence electrons. The summed E-state index contributed by atoms with van der Waals surface area (Å²) in [5, 5.41) is 3.48. The molecule has 0 amide bonds. The summed E-state index contributed by atoms with van der Waals surface area (Å²) in [4.78, 5) is 2.62. The first-order chi connectivity index (χ1) is 6.65. The van der Waals surface area contributed by atoms with Gasteiger partial charge in [0.05, 0.1) is 0 Å². The zero-order valence-corrected chi connectivity index (χ0v) is 10.2. The van der Waals surface area contributed by atoms with Crippen molar-refractivity contribution in [3.63, 3.8) is 0 Å². The summed E-state index contributed by atoms with van der Waals surface area (Å²) >= 11 is 0. The quantitative estimate of drug-likeness (QED) is 0.726. The third-order valence-electron chi connectivity index (χ3n) is 3.39. The normalized spacial score (nSPS) is 27.9. The maximum absolute atomic E-state index is 3.48. The lowest BCUT2D eigenvalue weighted by Gasteiger charge is -2.30. The molecule has 1 N–H and O–H groups in total. The van der Waals surface area contributed by atoms with E-state index in [1.807, 2.05) is 0 Å². The summed E-state index contributed by atoms with van der Waals surface area (Å²) in [6.45, 7) is 14.2. The summed E-state index contributed by atoms with van der Waals surface area (Å²) in [5.41, 5.74) is 0. The predicted octanol–water partition coefficient (Wildman–Crippen LogP) is 1.96. The van der Waals surface area contributed by atoms with Gasteiger partial charge < -0.3 is 10.2 Å². The van der Waals surface area contributed by atoms with E-state index in [1.165, 1.54) is 32.6 Å². The second-order valence-corrected chi connectivity index (χ2v) is 4.98. The van der Waals surface area contributed by atoms with E-state index in [2.05, 4.69) is 37.9 Å². The highest BCUT2D eigenvalue weighted by Gasteiger charge is 2.25. The molecule has 2 nitrogen and oxygen atoms in total. The monoisotopic (exact) mass is 198 g/mol. The molecule has 0 saturated carbocycles. The summed E-state index contributed by atoms with van der Waals surface area (Å²) in [6, 6.07) is 0.697. The molecule has 1 heterocycles. The molecule has 0 aromatic carbocycles. The highest BCUT2D eigenvalue weighted by molar-refractivity contribution is 4.81. The van der Waals surface area contributed by atoms with Crippen LogP contribution in [0, 0.1) is 11.8 Å². The van der Waals surface area contributed by atoms with E-state index in [9.17, 15) is 0 Å². The van der Waals surface area contributed by atoms with E-state index in [0.29, 0.717) is 6.04 Å². The second-order valence-electron chi connectivity index (χ2n) is 4.98. The lowest BCUT2D eigenvalue weighted by atomic mass is 9.97. The van der Waals surface area contributed by atoms with Gasteiger partial charge in [0.1, 0.15) is 0 Å². The molecule has 2 atom stereocenters. The van der Waals surface area contributed by atoms with Crippen molar-refractivity contribution in [1.29, 1.82) is 0 Å². The van der Waals surface area contributed by atoms with Crippen LogP contribution in [0.4, 0.5) is 0 Å². The van der Waals surface area contributed by atoms with Gasteiger partial charge in [0.15, 0.2) is 0 Å². The van der Waals surface area contributed by atoms with Crippen LogP contribution in [0.3, 0.4) is 0 Å². The second kappa shape index (κ2) is 5.72. The van der Waals surface area contributed by atoms with Crippen LogP contribution in [-0.2, 0) is 0 Å². The molecule has 1 saturated heterocycles. The lowest BCUT2D eigenvalue weighted by Crippen LogP contribution is -2.37. The maximum atomic E-state index is 3.48. The van der Waals surface area contributed by atoms with Gasteiger partial charge >= 0.3 is 0 Å². The summed E-state index contributed by atoms with van der Waals surface area (Å²) in [6.07, 6.45) is 1.27. The summed E-state index contributed by atoms with van der Waals surface area (Å²) < 4.78 is 0. The van der Waals surface area contributed by atoms with Crippen LogP contribution in [0.1, 0.15) is 34.1 Å². The van der Waals surface area contributed by atoms with E-state index in [0.717, 1.165) is 11.8 Å². The van der Waals surface area contributed by atoms with Crippen LogP contribution in [0.5, 0.6) is 0 Å². The standard InChI is InChI=1S/C12H26N2/c1-5-6-14(10(2)3)9-12-8-13-7-11(12)4/h10-13H,5-9H2,1-4H3. The summed E-state index contributed by atoms with van der Waals surface area (Å²) in [5.74, 6) is 1.72. The Labute approximate surface area is 89.1 Å². The van der Waals surface area contributed by atoms with E-state index in [-0.39, 0.29) is 0 Å². The Balaban J connectivity index is 2.37. The van der Waals surface area contributed by atoms with Crippen molar-refractivity contribution >= 4 is 0 Å². The molecule has 1 rings (SSSR count). The molecule has 0 aromatic heterocycles. The van der Waals surface area contributed by atoms with Gasteiger partial charge in [-0.25, -0.2) is 0 Å². The predicted molar refractivity (Wildman–Crippen MR) is 62.5 cm³/mol. The van der Waals surface area contributed by atoms with Crippen molar-refractivity contribution in [3.8, 4) is 0 Å². The molecule has 2 heteroatoms. The largest absolute Gasteiger partial charge is 0.316 e. The minimum Gasteiger partial charge on any atom is -0.316 e. The van der Waals surface area contributed by atoms with Gasteiger partial charge in [-0.1, -0.05) is 13.8 Å². The number of rotatable bonds is 5. The van der Waals surface area contributed by atoms with Crippen LogP contribution in [-0.4, -0.2) is 37.1 Å². The first kappa shape index (κ1) is 12.0. The fourth-order valence-electron chi connectivity index (χ4n) is 2.26. The van der Waals surface area contributed by atoms with Gasteiger partial charge in [-0.05, 0) is 51.7 Å². The van der Waals surface area contributed by atoms with Gasteiger partial charge in [-0.2, -0.15) is 0 Å². The highest BCUT2D eigenvalue weighted by Crippen LogP contribution is 2.18. The fourth-order valence-corrected chi connectivity index (χ4v) is 2.26. The van der Waals surface area contributed by atoms with Crippen LogP contribution >= 0.6 is 0 Å². The Kier molecular flexibility index (Phi) is 4.90. The fraction of sp³-hybridized carbons (Fsp3) is 1.00. The smallest absolute Gasteiger partial charge is 0.00387 e. The van der Waals surface area contributed by atoms with Crippen LogP contribution in [0.25, 0.3) is 0 Å². The topological polar surface area (TPSA) is 15.3 Å². The van der Waals surface area contributed by atoms with E-state index in [4.69, 9.17) is 0 Å². The molecule has 1 fully saturated rings. The SMILES string of the molecule is CCCN(CC1CNCC1C)C(C)C. The zero-order valence-electron chi connectivity index (χ0n) is 10.2. The maximum Gasteiger partial charge on any atom is 0.00387 e. The number of nitrogens with zero attached hydrogens (tertiary/aromatic N) is 1. The van der Waals surface area contributed by atoms with E-state index >= 15 is 0 Å². The Morgan fingerprint density at radius 2 is 2.07 bits per heavy atom. The number of hydrogen-bond donors (Lipinski definition) is 1. The van der Waals surface area contributed by atoms with Crippen LogP contribution in [0.15, 0.2) is 0 Å². The number of hydrogen-bond acceptors (Lipinski definition) is 2. The average Bonchev–Trinajstić information content (AvgIpc) is 2.51. The van der Waals surface area contributed by atoms with Crippen LogP contribution in [0.2, 0.25) is 0 Å². The minimum absolute atomic E-state index is 0.697. The highest BCUT2D eigenvalue weighted by atomic mass is 15.2. The van der Waals surface area contributed by atoms with Crippen molar-refractivity contribution in [2.45, 2.75) is 40.2 Å². The molecule has 1 aliphatic heterocycles. The van der Waals surface area contributed by atoms with Gasteiger partial charge in [-0.3, -0.25) is 0 Å². The molecule has 1 aliphatic rings. The first-order valence-electron chi connectivity index (χ1n) is 6.09. The van der Waals surface area contributed by atoms with E-state index < -0.39 is 0 Å². The number of nitrogens with one attached hydrogen (secondary N) is 1. The van der Waals surface area contributed by atoms with Crippen LogP contribution < -0.4 is 5.32 Å². The van der Waals surface area contributed by atoms with Crippen molar-refractivity contribution < 1.29 is 0 Å². The summed E-state index contributed by atoms with van der Waals surface area (Å²) in [7, 11) is 0. The van der Waals surface area contributed by atoms with Gasteiger partial charge in [0, 0.05) is 12.6 Å². The molecule has 14 heavy (non-hydrogen) atoms. The minimum atomic E-state index is 0.697. The van der Waals surface area contributed by atoms with Gasteiger partial charge in [0.2, 0.25) is 0 Å². The molecule has 0 spiro atoms. The Bertz CT molecular complexity index is 156. The Hall–Kier alpha value is -0.0800. The van der Waals surface area contributed by atoms with Crippen molar-refractivity contribution in [1.82, 2.24) is 10.2 Å².